The van der Waals surface area contributed by atoms with Crippen LogP contribution >= 0.6 is 0 Å². The molecule has 2 saturated heterocycles. The fourth-order valence-electron chi connectivity index (χ4n) is 7.42. The molecule has 2 fully saturated rings. The van der Waals surface area contributed by atoms with Crippen LogP contribution in [-0.2, 0) is 32.0 Å². The number of aliphatic hydroxyl groups is 6. The van der Waals surface area contributed by atoms with Crippen molar-refractivity contribution in [2.75, 3.05) is 13.2 Å². The van der Waals surface area contributed by atoms with Gasteiger partial charge in [-0.3, -0.25) is 9.13 Å². The smallest absolute Gasteiger partial charge is 0.329 e. The third-order valence-electron chi connectivity index (χ3n) is 10.6. The normalized spacial score (nSPS) is 29.6. The number of imidazole rings is 1. The number of nitrogens with zero attached hydrogens (tertiary/aromatic N) is 2. The Balaban J connectivity index is 1.37. The highest BCUT2D eigenvalue weighted by atomic mass is 16.7. The van der Waals surface area contributed by atoms with E-state index in [2.05, 4.69) is 13.8 Å². The second-order valence-corrected chi connectivity index (χ2v) is 14.7. The van der Waals surface area contributed by atoms with E-state index in [0.717, 1.165) is 51.4 Å². The van der Waals surface area contributed by atoms with Gasteiger partial charge in [-0.15, -0.1) is 0 Å². The van der Waals surface area contributed by atoms with E-state index in [1.165, 1.54) is 60.5 Å². The third kappa shape index (κ3) is 11.8. The van der Waals surface area contributed by atoms with Crippen molar-refractivity contribution in [1.82, 2.24) is 9.13 Å². The Morgan fingerprint density at radius 2 is 0.885 bits per heavy atom. The number of aliphatic hydroxyl groups excluding tert-OH is 6. The van der Waals surface area contributed by atoms with Gasteiger partial charge in [0, 0.05) is 13.2 Å². The number of fused-ring (bicyclic) bond motifs is 1. The molecule has 0 saturated carbocycles. The number of ether oxygens (including phenoxy) is 4. The summed E-state index contributed by atoms with van der Waals surface area (Å²) in [4.78, 5) is 14.0. The summed E-state index contributed by atoms with van der Waals surface area (Å²) in [5.41, 5.74) is 0.518. The summed E-state index contributed by atoms with van der Waals surface area (Å²) in [6.07, 6.45) is 4.53. The topological polar surface area (TPSA) is 185 Å². The average Bonchev–Trinajstić information content (AvgIpc) is 3.39. The first-order valence-corrected chi connectivity index (χ1v) is 20.0. The highest BCUT2D eigenvalue weighted by molar-refractivity contribution is 5.76. The van der Waals surface area contributed by atoms with Crippen LogP contribution in [0.15, 0.2) is 29.1 Å². The minimum absolute atomic E-state index is 0.158. The quantitative estimate of drug-likeness (QED) is 0.0863. The molecular weight excluding hydrogens is 672 g/mol. The van der Waals surface area contributed by atoms with Gasteiger partial charge >= 0.3 is 5.69 Å². The van der Waals surface area contributed by atoms with Crippen LogP contribution in [0.2, 0.25) is 0 Å². The van der Waals surface area contributed by atoms with Crippen LogP contribution in [0.25, 0.3) is 11.0 Å². The summed E-state index contributed by atoms with van der Waals surface area (Å²) in [6, 6.07) is 6.99. The minimum Gasteiger partial charge on any atom is -0.388 e. The zero-order chi connectivity index (χ0) is 37.5. The van der Waals surface area contributed by atoms with Crippen molar-refractivity contribution in [2.24, 2.45) is 0 Å². The summed E-state index contributed by atoms with van der Waals surface area (Å²) in [5, 5.41) is 64.8. The van der Waals surface area contributed by atoms with Crippen molar-refractivity contribution in [2.45, 2.75) is 191 Å². The molecule has 6 N–H and O–H groups in total. The van der Waals surface area contributed by atoms with Gasteiger partial charge in [0.05, 0.1) is 24.1 Å². The lowest BCUT2D eigenvalue weighted by molar-refractivity contribution is -0.292. The van der Waals surface area contributed by atoms with Crippen molar-refractivity contribution in [3.8, 4) is 0 Å². The van der Waals surface area contributed by atoms with Crippen LogP contribution in [0.4, 0.5) is 0 Å². The van der Waals surface area contributed by atoms with Crippen LogP contribution in [0, 0.1) is 0 Å². The maximum Gasteiger partial charge on any atom is 0.329 e. The number of hydrogen-bond donors (Lipinski definition) is 6. The summed E-state index contributed by atoms with van der Waals surface area (Å²) in [7, 11) is 0. The van der Waals surface area contributed by atoms with Gasteiger partial charge in [0.25, 0.3) is 0 Å². The van der Waals surface area contributed by atoms with Gasteiger partial charge in [-0.05, 0) is 25.0 Å². The van der Waals surface area contributed by atoms with E-state index < -0.39 is 67.1 Å². The molecule has 0 aliphatic carbocycles. The molecule has 298 valence electrons. The zero-order valence-corrected chi connectivity index (χ0v) is 31.3. The van der Waals surface area contributed by atoms with E-state index in [0.29, 0.717) is 24.2 Å². The number of benzene rings is 1. The van der Waals surface area contributed by atoms with Gasteiger partial charge in [0.1, 0.15) is 48.8 Å². The summed E-state index contributed by atoms with van der Waals surface area (Å²) < 4.78 is 25.8. The van der Waals surface area contributed by atoms with E-state index in [-0.39, 0.29) is 13.1 Å². The zero-order valence-electron chi connectivity index (χ0n) is 31.3. The lowest BCUT2D eigenvalue weighted by Gasteiger charge is -2.40. The van der Waals surface area contributed by atoms with E-state index in [1.54, 1.807) is 24.3 Å². The van der Waals surface area contributed by atoms with Crippen molar-refractivity contribution in [1.29, 1.82) is 0 Å². The van der Waals surface area contributed by atoms with E-state index in [9.17, 15) is 35.4 Å². The van der Waals surface area contributed by atoms with E-state index in [1.807, 2.05) is 0 Å². The number of para-hydroxylation sites is 2. The number of rotatable bonds is 24. The van der Waals surface area contributed by atoms with Gasteiger partial charge in [-0.1, -0.05) is 116 Å². The Labute approximate surface area is 308 Å². The molecule has 0 spiro atoms. The Morgan fingerprint density at radius 1 is 0.538 bits per heavy atom. The van der Waals surface area contributed by atoms with Crippen molar-refractivity contribution in [3.63, 3.8) is 0 Å². The molecule has 0 unspecified atom stereocenters. The molecule has 4 rings (SSSR count). The highest BCUT2D eigenvalue weighted by Crippen LogP contribution is 2.27. The molecule has 2 aromatic rings. The van der Waals surface area contributed by atoms with Crippen LogP contribution < -0.4 is 5.69 Å². The molecule has 2 aliphatic rings. The Kier molecular flexibility index (Phi) is 18.5. The van der Waals surface area contributed by atoms with Gasteiger partial charge < -0.3 is 49.6 Å². The lowest BCUT2D eigenvalue weighted by atomic mass is 9.98. The van der Waals surface area contributed by atoms with Crippen LogP contribution in [-0.4, -0.2) is 114 Å². The van der Waals surface area contributed by atoms with Gasteiger partial charge in [-0.25, -0.2) is 4.79 Å². The Hall–Kier alpha value is -1.91. The van der Waals surface area contributed by atoms with Crippen LogP contribution in [0.5, 0.6) is 0 Å². The van der Waals surface area contributed by atoms with E-state index in [4.69, 9.17) is 18.9 Å². The monoisotopic (exact) mass is 738 g/mol. The van der Waals surface area contributed by atoms with Crippen LogP contribution in [0.3, 0.4) is 0 Å². The fourth-order valence-corrected chi connectivity index (χ4v) is 7.42. The van der Waals surface area contributed by atoms with Crippen molar-refractivity contribution >= 4 is 11.0 Å². The maximum absolute atomic E-state index is 14.0. The highest BCUT2D eigenvalue weighted by Gasteiger charge is 2.46. The first kappa shape index (κ1) is 42.8. The lowest BCUT2D eigenvalue weighted by Crippen LogP contribution is -2.60. The number of unbranched alkanes of at least 4 members (excludes halogenated alkanes) is 14. The molecule has 0 bridgehead atoms. The van der Waals surface area contributed by atoms with E-state index >= 15 is 0 Å². The number of aromatic nitrogens is 2. The molecule has 3 heterocycles. The summed E-state index contributed by atoms with van der Waals surface area (Å²) in [5.74, 6) is 0. The first-order chi connectivity index (χ1) is 25.2. The predicted molar refractivity (Wildman–Crippen MR) is 197 cm³/mol. The first-order valence-electron chi connectivity index (χ1n) is 20.0. The molecule has 0 radical (unpaired) electrons. The largest absolute Gasteiger partial charge is 0.388 e. The fraction of sp³-hybridized carbons (Fsp3) is 0.821. The summed E-state index contributed by atoms with van der Waals surface area (Å²) >= 11 is 0. The van der Waals surface area contributed by atoms with Gasteiger partial charge in [0.15, 0.2) is 12.6 Å². The average molecular weight is 739 g/mol. The molecule has 0 amide bonds. The second-order valence-electron chi connectivity index (χ2n) is 14.7. The Bertz CT molecular complexity index is 1240. The molecule has 52 heavy (non-hydrogen) atoms. The maximum atomic E-state index is 14.0. The molecule has 2 aliphatic heterocycles. The second kappa shape index (κ2) is 22.5. The molecule has 1 aromatic heterocycles. The predicted octanol–water partition coefficient (Wildman–Crippen LogP) is 3.73. The van der Waals surface area contributed by atoms with Gasteiger partial charge in [0.2, 0.25) is 0 Å². The minimum atomic E-state index is -1.62. The molecule has 13 nitrogen and oxygen atoms in total. The molecule has 1 aromatic carbocycles. The van der Waals surface area contributed by atoms with Crippen molar-refractivity contribution < 1.29 is 49.6 Å². The molecular formula is C39H66N2O11. The van der Waals surface area contributed by atoms with Crippen molar-refractivity contribution in [3.05, 3.63) is 34.7 Å². The van der Waals surface area contributed by atoms with Gasteiger partial charge in [-0.2, -0.15) is 0 Å². The number of hydrogen-bond acceptors (Lipinski definition) is 11. The SMILES string of the molecule is CCCCCCCCCCO[C@@H]1[C@H](O)[C@H](O)O[C@H](Cn2c(=O)n(C[C@@H]3O[C@H](O)[C@H](O)[C@H](OCCCCCCCCCC)[C@@H]3O)c3ccccc32)[C@H]1O. The molecule has 13 heteroatoms. The van der Waals surface area contributed by atoms with Crippen LogP contribution in [0.1, 0.15) is 117 Å². The molecule has 10 atom stereocenters. The Morgan fingerprint density at radius 3 is 1.25 bits per heavy atom. The third-order valence-corrected chi connectivity index (χ3v) is 10.6. The standard InChI is InChI=1S/C39H66N2O11/c1-3-5-7-9-11-13-15-19-23-49-35-31(42)29(51-37(46)33(35)44)25-40-27-21-17-18-22-28(27)41(39(40)48)26-30-32(43)36(34(45)38(47)52-30)50-24-20-16-14-12-10-8-6-4-2/h17-18,21-22,29-38,42-47H,3-16,19-20,23-26H2,1-2H3/t29-,30+,31-,32-,33+,34-,35+,36-,37-,38+/m1/s1. The summed E-state index contributed by atoms with van der Waals surface area (Å²) in [6.45, 7) is 4.68.